The monoisotopic (exact) mass is 657 g/mol. The van der Waals surface area contributed by atoms with Crippen LogP contribution in [0.3, 0.4) is 0 Å². The van der Waals surface area contributed by atoms with Crippen molar-refractivity contribution >= 4 is 34.5 Å². The summed E-state index contributed by atoms with van der Waals surface area (Å²) in [6, 6.07) is 21.1. The molecular weight excluding hydrogens is 614 g/mol. The molecule has 248 valence electrons. The van der Waals surface area contributed by atoms with Crippen molar-refractivity contribution in [3.05, 3.63) is 94.1 Å². The summed E-state index contributed by atoms with van der Waals surface area (Å²) in [4.78, 5) is 37.4. The first-order valence-corrected chi connectivity index (χ1v) is 16.7. The van der Waals surface area contributed by atoms with E-state index in [1.807, 2.05) is 72.6 Å². The van der Waals surface area contributed by atoms with Gasteiger partial charge in [0.05, 0.1) is 28.9 Å². The van der Waals surface area contributed by atoms with Gasteiger partial charge in [-0.2, -0.15) is 0 Å². The lowest BCUT2D eigenvalue weighted by Gasteiger charge is -2.43. The summed E-state index contributed by atoms with van der Waals surface area (Å²) in [6.45, 7) is 6.18. The van der Waals surface area contributed by atoms with Crippen molar-refractivity contribution in [3.63, 3.8) is 0 Å². The van der Waals surface area contributed by atoms with E-state index in [-0.39, 0.29) is 17.7 Å². The zero-order valence-electron chi connectivity index (χ0n) is 27.6. The van der Waals surface area contributed by atoms with Gasteiger partial charge in [-0.3, -0.25) is 4.79 Å². The molecule has 2 atom stereocenters. The quantitative estimate of drug-likeness (QED) is 0.154. The second-order valence-electron chi connectivity index (χ2n) is 12.5. The Morgan fingerprint density at radius 2 is 1.85 bits per heavy atom. The third-order valence-corrected chi connectivity index (χ3v) is 9.35. The predicted octanol–water partition coefficient (Wildman–Crippen LogP) is 6.67. The largest absolute Gasteiger partial charge is 0.453 e. The Balaban J connectivity index is 1.55. The van der Waals surface area contributed by atoms with Crippen molar-refractivity contribution in [1.29, 1.82) is 0 Å². The van der Waals surface area contributed by atoms with Gasteiger partial charge in [-0.25, -0.2) is 14.8 Å². The van der Waals surface area contributed by atoms with E-state index in [0.29, 0.717) is 66.4 Å². The molecule has 0 radical (unpaired) electrons. The van der Waals surface area contributed by atoms with Crippen molar-refractivity contribution < 1.29 is 19.4 Å². The lowest BCUT2D eigenvalue weighted by molar-refractivity contribution is -0.0563. The van der Waals surface area contributed by atoms with Crippen molar-refractivity contribution in [3.8, 4) is 11.4 Å². The molecule has 2 amide bonds. The maximum Gasteiger partial charge on any atom is 0.406 e. The van der Waals surface area contributed by atoms with E-state index < -0.39 is 11.7 Å². The molecule has 0 saturated carbocycles. The minimum atomic E-state index is -1.42. The van der Waals surface area contributed by atoms with Crippen LogP contribution in [-0.2, 0) is 16.9 Å². The summed E-state index contributed by atoms with van der Waals surface area (Å²) >= 11 is 6.97. The number of nitrogens with zero attached hydrogens (tertiary/aromatic N) is 3. The first-order valence-electron chi connectivity index (χ1n) is 16.3. The summed E-state index contributed by atoms with van der Waals surface area (Å²) < 4.78 is 4.75. The topological polar surface area (TPSA) is 117 Å². The molecular formula is C37H44ClN5O4. The fraction of sp³-hybridized carbons (Fsp3) is 0.405. The fourth-order valence-electron chi connectivity index (χ4n) is 6.65. The Labute approximate surface area is 281 Å². The number of carbonyl (C=O) groups is 2. The zero-order valence-corrected chi connectivity index (χ0v) is 28.3. The molecule has 0 unspecified atom stereocenters. The number of rotatable bonds is 11. The van der Waals surface area contributed by atoms with E-state index in [0.717, 1.165) is 35.1 Å². The molecule has 10 heteroatoms. The number of ether oxygens (including phenoxy) is 1. The van der Waals surface area contributed by atoms with Crippen LogP contribution in [0, 0.1) is 5.92 Å². The molecule has 5 rings (SSSR count). The van der Waals surface area contributed by atoms with E-state index in [4.69, 9.17) is 26.3 Å². The molecule has 4 aromatic rings. The minimum Gasteiger partial charge on any atom is -0.453 e. The Morgan fingerprint density at radius 1 is 1.09 bits per heavy atom. The molecule has 0 aliphatic carbocycles. The molecule has 1 saturated heterocycles. The van der Waals surface area contributed by atoms with E-state index in [2.05, 4.69) is 24.5 Å². The van der Waals surface area contributed by atoms with Crippen LogP contribution in [0.1, 0.15) is 72.6 Å². The maximum atomic E-state index is 13.7. The first-order chi connectivity index (χ1) is 22.7. The van der Waals surface area contributed by atoms with Gasteiger partial charge in [0, 0.05) is 48.6 Å². The van der Waals surface area contributed by atoms with Crippen LogP contribution >= 0.6 is 11.6 Å². The number of benzene rings is 3. The lowest BCUT2D eigenvalue weighted by atomic mass is 9.72. The van der Waals surface area contributed by atoms with Gasteiger partial charge >= 0.3 is 6.09 Å². The Bertz CT molecular complexity index is 1710. The minimum absolute atomic E-state index is 0.0637. The number of likely N-dealkylation sites (tertiary alicyclic amines) is 1. The highest BCUT2D eigenvalue weighted by Gasteiger charge is 2.43. The number of nitrogens with one attached hydrogen (secondary N) is 2. The number of piperidine rings is 1. The first kappa shape index (κ1) is 34.3. The molecule has 1 fully saturated rings. The van der Waals surface area contributed by atoms with Crippen molar-refractivity contribution in [1.82, 2.24) is 25.5 Å². The lowest BCUT2D eigenvalue weighted by Crippen LogP contribution is -2.48. The van der Waals surface area contributed by atoms with Crippen LogP contribution in [-0.4, -0.2) is 65.8 Å². The molecule has 1 aromatic heterocycles. The molecule has 47 heavy (non-hydrogen) atoms. The van der Waals surface area contributed by atoms with Crippen LogP contribution in [0.15, 0.2) is 66.7 Å². The molecule has 1 aliphatic heterocycles. The van der Waals surface area contributed by atoms with Gasteiger partial charge in [0.25, 0.3) is 5.91 Å². The fourth-order valence-corrected chi connectivity index (χ4v) is 6.91. The standard InChI is InChI=1S/C37H44ClN5O4/c1-24(2)33-28-11-5-6-14-31(28)41-34(42-33)32-29(12-7-13-30(32)38)37(46,19-9-20-40-36(45)47-4)27-10-8-21-43(23-27)35(44)26-17-15-25(16-18-26)22-39-3/h5-7,11-18,24,27,39,46H,8-10,19-23H2,1-4H3,(H,40,45)/t27-,37+/m1/s1. The highest BCUT2D eigenvalue weighted by molar-refractivity contribution is 6.33. The number of aliphatic hydroxyl groups is 1. The summed E-state index contributed by atoms with van der Waals surface area (Å²) in [7, 11) is 3.21. The van der Waals surface area contributed by atoms with Crippen LogP contribution < -0.4 is 10.6 Å². The highest BCUT2D eigenvalue weighted by Crippen LogP contribution is 2.45. The number of para-hydroxylation sites is 1. The number of halogens is 1. The molecule has 3 N–H and O–H groups in total. The summed E-state index contributed by atoms with van der Waals surface area (Å²) in [5.74, 6) is 0.195. The molecule has 1 aliphatic rings. The summed E-state index contributed by atoms with van der Waals surface area (Å²) in [5, 5.41) is 20.2. The number of aromatic nitrogens is 2. The van der Waals surface area contributed by atoms with E-state index >= 15 is 0 Å². The number of fused-ring (bicyclic) bond motifs is 1. The van der Waals surface area contributed by atoms with Crippen LogP contribution in [0.5, 0.6) is 0 Å². The Kier molecular flexibility index (Phi) is 11.1. The normalized spacial score (nSPS) is 16.2. The van der Waals surface area contributed by atoms with E-state index in [1.165, 1.54) is 7.11 Å². The van der Waals surface area contributed by atoms with E-state index in [9.17, 15) is 14.7 Å². The molecule has 2 heterocycles. The third kappa shape index (κ3) is 7.59. The zero-order chi connectivity index (χ0) is 33.6. The van der Waals surface area contributed by atoms with Gasteiger partial charge in [-0.15, -0.1) is 0 Å². The molecule has 9 nitrogen and oxygen atoms in total. The van der Waals surface area contributed by atoms with Crippen LogP contribution in [0.2, 0.25) is 5.02 Å². The average molecular weight is 658 g/mol. The number of carbonyl (C=O) groups excluding carboxylic acids is 2. The maximum absolute atomic E-state index is 13.7. The number of methoxy groups -OCH3 is 1. The van der Waals surface area contributed by atoms with Crippen molar-refractivity contribution in [2.75, 3.05) is 33.8 Å². The third-order valence-electron chi connectivity index (χ3n) is 9.04. The molecule has 0 spiro atoms. The second-order valence-corrected chi connectivity index (χ2v) is 12.9. The van der Waals surface area contributed by atoms with Crippen LogP contribution in [0.25, 0.3) is 22.3 Å². The molecule has 0 bridgehead atoms. The average Bonchev–Trinajstić information content (AvgIpc) is 3.09. The summed E-state index contributed by atoms with van der Waals surface area (Å²) in [5.41, 5.74) is 3.19. The predicted molar refractivity (Wildman–Crippen MR) is 185 cm³/mol. The number of hydrogen-bond donors (Lipinski definition) is 3. The SMILES string of the molecule is CNCc1ccc(C(=O)N2CCC[C@@H]([C@@](O)(CCCNC(=O)OC)c3cccc(Cl)c3-c3nc(C(C)C)c4ccccc4n3)C2)cc1. The summed E-state index contributed by atoms with van der Waals surface area (Å²) in [6.07, 6.45) is 1.67. The van der Waals surface area contributed by atoms with Gasteiger partial charge in [0.15, 0.2) is 5.82 Å². The Morgan fingerprint density at radius 3 is 2.57 bits per heavy atom. The van der Waals surface area contributed by atoms with Crippen molar-refractivity contribution in [2.24, 2.45) is 5.92 Å². The van der Waals surface area contributed by atoms with Gasteiger partial charge in [-0.1, -0.05) is 67.9 Å². The Hall–Kier alpha value is -4.05. The number of amides is 2. The van der Waals surface area contributed by atoms with Gasteiger partial charge in [0.2, 0.25) is 0 Å². The van der Waals surface area contributed by atoms with Crippen molar-refractivity contribution in [2.45, 2.75) is 57.6 Å². The number of hydrogen-bond acceptors (Lipinski definition) is 7. The van der Waals surface area contributed by atoms with Gasteiger partial charge in [0.1, 0.15) is 0 Å². The molecule has 3 aromatic carbocycles. The van der Waals surface area contributed by atoms with Crippen LogP contribution in [0.4, 0.5) is 4.79 Å². The smallest absolute Gasteiger partial charge is 0.406 e. The second kappa shape index (κ2) is 15.2. The highest BCUT2D eigenvalue weighted by atomic mass is 35.5. The van der Waals surface area contributed by atoms with Gasteiger partial charge < -0.3 is 25.4 Å². The number of alkyl carbamates (subject to hydrolysis) is 1. The van der Waals surface area contributed by atoms with Gasteiger partial charge in [-0.05, 0) is 74.0 Å². The van der Waals surface area contributed by atoms with E-state index in [1.54, 1.807) is 6.07 Å².